The number of hydrogen-bond donors (Lipinski definition) is 2. The van der Waals surface area contributed by atoms with Crippen molar-refractivity contribution >= 4 is 24.0 Å². The van der Waals surface area contributed by atoms with Gasteiger partial charge in [0.2, 0.25) is 0 Å². The molecule has 7 heteroatoms. The fourth-order valence-corrected chi connectivity index (χ4v) is 3.88. The topological polar surface area (TPSA) is 89.4 Å². The number of allylic oxidation sites excluding steroid dienone is 1. The molecule has 1 fully saturated rings. The molecule has 3 rings (SSSR count). The Balaban J connectivity index is 1.35. The number of carbonyl (C=O) groups excluding carboxylic acids is 3. The zero-order valence-corrected chi connectivity index (χ0v) is 17.8. The van der Waals surface area contributed by atoms with E-state index in [1.54, 1.807) is 6.08 Å². The number of aromatic nitrogens is 1. The SMILES string of the molecule is Cc1cc(/C=C/C(=O)OCC(=O)NC(=O)NCCC2=CCCCC2)c(C)n1C1CC1. The molecule has 30 heavy (non-hydrogen) atoms. The molecule has 1 saturated carbocycles. The number of esters is 1. The summed E-state index contributed by atoms with van der Waals surface area (Å²) >= 11 is 0. The van der Waals surface area contributed by atoms with Gasteiger partial charge in [-0.05, 0) is 76.5 Å². The Labute approximate surface area is 177 Å². The number of imide groups is 1. The molecule has 0 aliphatic heterocycles. The van der Waals surface area contributed by atoms with E-state index in [-0.39, 0.29) is 0 Å². The quantitative estimate of drug-likeness (QED) is 0.386. The second-order valence-electron chi connectivity index (χ2n) is 8.03. The summed E-state index contributed by atoms with van der Waals surface area (Å²) in [4.78, 5) is 35.5. The van der Waals surface area contributed by atoms with Crippen LogP contribution in [0.15, 0.2) is 23.8 Å². The van der Waals surface area contributed by atoms with Gasteiger partial charge >= 0.3 is 12.0 Å². The minimum Gasteiger partial charge on any atom is -0.452 e. The second-order valence-corrected chi connectivity index (χ2v) is 8.03. The first-order valence-corrected chi connectivity index (χ1v) is 10.7. The molecule has 0 atom stereocenters. The third kappa shape index (κ3) is 6.34. The van der Waals surface area contributed by atoms with Crippen LogP contribution in [-0.2, 0) is 14.3 Å². The number of hydrogen-bond acceptors (Lipinski definition) is 4. The molecule has 2 aliphatic rings. The van der Waals surface area contributed by atoms with Crippen LogP contribution in [0.25, 0.3) is 6.08 Å². The molecule has 0 saturated heterocycles. The normalized spacial score (nSPS) is 16.3. The number of urea groups is 1. The van der Waals surface area contributed by atoms with E-state index in [0.717, 1.165) is 30.5 Å². The monoisotopic (exact) mass is 413 g/mol. The van der Waals surface area contributed by atoms with Crippen LogP contribution in [0.5, 0.6) is 0 Å². The number of nitrogens with zero attached hydrogens (tertiary/aromatic N) is 1. The molecule has 2 aliphatic carbocycles. The van der Waals surface area contributed by atoms with Crippen LogP contribution in [0.2, 0.25) is 0 Å². The van der Waals surface area contributed by atoms with Crippen LogP contribution in [0.3, 0.4) is 0 Å². The van der Waals surface area contributed by atoms with Crippen LogP contribution in [0, 0.1) is 13.8 Å². The van der Waals surface area contributed by atoms with E-state index in [1.807, 2.05) is 13.0 Å². The largest absolute Gasteiger partial charge is 0.452 e. The summed E-state index contributed by atoms with van der Waals surface area (Å²) in [5, 5.41) is 4.83. The minimum absolute atomic E-state index is 0.479. The number of rotatable bonds is 8. The maximum atomic E-state index is 11.9. The summed E-state index contributed by atoms with van der Waals surface area (Å²) < 4.78 is 7.22. The first kappa shape index (κ1) is 21.9. The van der Waals surface area contributed by atoms with Crippen LogP contribution < -0.4 is 10.6 Å². The zero-order valence-electron chi connectivity index (χ0n) is 17.8. The Bertz CT molecular complexity index is 862. The van der Waals surface area contributed by atoms with Crippen LogP contribution in [0.1, 0.15) is 67.9 Å². The van der Waals surface area contributed by atoms with E-state index >= 15 is 0 Å². The van der Waals surface area contributed by atoms with E-state index in [0.29, 0.717) is 12.6 Å². The minimum atomic E-state index is -0.655. The Morgan fingerprint density at radius 1 is 1.23 bits per heavy atom. The van der Waals surface area contributed by atoms with E-state index in [9.17, 15) is 14.4 Å². The summed E-state index contributed by atoms with van der Waals surface area (Å²) in [5.41, 5.74) is 4.62. The second kappa shape index (κ2) is 10.3. The fourth-order valence-electron chi connectivity index (χ4n) is 3.88. The number of nitrogens with one attached hydrogen (secondary N) is 2. The number of aryl methyl sites for hydroxylation is 1. The van der Waals surface area contributed by atoms with Gasteiger partial charge in [-0.1, -0.05) is 11.6 Å². The molecule has 1 aromatic rings. The predicted molar refractivity (Wildman–Crippen MR) is 115 cm³/mol. The molecule has 162 valence electrons. The van der Waals surface area contributed by atoms with Crippen molar-refractivity contribution in [2.24, 2.45) is 0 Å². The van der Waals surface area contributed by atoms with Gasteiger partial charge in [0, 0.05) is 30.1 Å². The fraction of sp³-hybridized carbons (Fsp3) is 0.522. The van der Waals surface area contributed by atoms with Crippen LogP contribution in [-0.4, -0.2) is 35.6 Å². The third-order valence-corrected chi connectivity index (χ3v) is 5.55. The molecule has 3 amide bonds. The molecule has 7 nitrogen and oxygen atoms in total. The Kier molecular flexibility index (Phi) is 7.49. The van der Waals surface area contributed by atoms with Crippen molar-refractivity contribution in [1.29, 1.82) is 0 Å². The van der Waals surface area contributed by atoms with Gasteiger partial charge in [0.05, 0.1) is 0 Å². The third-order valence-electron chi connectivity index (χ3n) is 5.55. The average molecular weight is 414 g/mol. The predicted octanol–water partition coefficient (Wildman–Crippen LogP) is 3.71. The van der Waals surface area contributed by atoms with Crippen LogP contribution >= 0.6 is 0 Å². The highest BCUT2D eigenvalue weighted by molar-refractivity contribution is 5.96. The standard InChI is InChI=1S/C23H31N3O4/c1-16-14-19(17(2)26(16)20-9-10-20)8-11-22(28)30-15-21(27)25-23(29)24-13-12-18-6-4-3-5-7-18/h6,8,11,14,20H,3-5,7,9-10,12-13,15H2,1-2H3,(H2,24,25,27,29)/b11-8+. The first-order valence-electron chi connectivity index (χ1n) is 10.7. The number of carbonyl (C=O) groups is 3. The highest BCUT2D eigenvalue weighted by atomic mass is 16.5. The zero-order chi connectivity index (χ0) is 21.5. The Morgan fingerprint density at radius 3 is 2.73 bits per heavy atom. The Morgan fingerprint density at radius 2 is 2.03 bits per heavy atom. The van der Waals surface area contributed by atoms with Crippen molar-refractivity contribution in [2.45, 2.75) is 64.8 Å². The highest BCUT2D eigenvalue weighted by Crippen LogP contribution is 2.38. The van der Waals surface area contributed by atoms with Gasteiger partial charge in [0.1, 0.15) is 0 Å². The number of amides is 3. The van der Waals surface area contributed by atoms with Crippen molar-refractivity contribution in [1.82, 2.24) is 15.2 Å². The maximum absolute atomic E-state index is 11.9. The van der Waals surface area contributed by atoms with Gasteiger partial charge in [-0.15, -0.1) is 0 Å². The molecule has 2 N–H and O–H groups in total. The Hall–Kier alpha value is -2.83. The maximum Gasteiger partial charge on any atom is 0.331 e. The number of ether oxygens (including phenoxy) is 1. The van der Waals surface area contributed by atoms with Gasteiger partial charge in [-0.25, -0.2) is 9.59 Å². The van der Waals surface area contributed by atoms with Crippen molar-refractivity contribution in [2.75, 3.05) is 13.2 Å². The lowest BCUT2D eigenvalue weighted by Gasteiger charge is -2.13. The van der Waals surface area contributed by atoms with Crippen molar-refractivity contribution in [3.63, 3.8) is 0 Å². The summed E-state index contributed by atoms with van der Waals surface area (Å²) in [6.07, 6.45) is 13.0. The van der Waals surface area contributed by atoms with Crippen LogP contribution in [0.4, 0.5) is 4.79 Å². The van der Waals surface area contributed by atoms with Gasteiger partial charge in [0.25, 0.3) is 5.91 Å². The summed E-state index contributed by atoms with van der Waals surface area (Å²) in [6.45, 7) is 4.07. The summed E-state index contributed by atoms with van der Waals surface area (Å²) in [7, 11) is 0. The molecule has 0 bridgehead atoms. The van der Waals surface area contributed by atoms with Crippen molar-refractivity contribution in [3.05, 3.63) is 40.7 Å². The first-order chi connectivity index (χ1) is 14.4. The summed E-state index contributed by atoms with van der Waals surface area (Å²) in [5.74, 6) is -1.27. The molecular weight excluding hydrogens is 382 g/mol. The molecule has 1 heterocycles. The lowest BCUT2D eigenvalue weighted by molar-refractivity contribution is -0.143. The molecular formula is C23H31N3O4. The molecule has 0 spiro atoms. The smallest absolute Gasteiger partial charge is 0.331 e. The molecule has 1 aromatic heterocycles. The molecule has 0 aromatic carbocycles. The van der Waals surface area contributed by atoms with E-state index < -0.39 is 24.5 Å². The van der Waals surface area contributed by atoms with E-state index in [2.05, 4.69) is 28.2 Å². The van der Waals surface area contributed by atoms with Gasteiger partial charge in [0.15, 0.2) is 6.61 Å². The van der Waals surface area contributed by atoms with Gasteiger partial charge in [-0.2, -0.15) is 0 Å². The van der Waals surface area contributed by atoms with E-state index in [1.165, 1.54) is 43.0 Å². The highest BCUT2D eigenvalue weighted by Gasteiger charge is 2.26. The van der Waals surface area contributed by atoms with Crippen molar-refractivity contribution < 1.29 is 19.1 Å². The van der Waals surface area contributed by atoms with Gasteiger partial charge < -0.3 is 14.6 Å². The van der Waals surface area contributed by atoms with E-state index in [4.69, 9.17) is 4.74 Å². The summed E-state index contributed by atoms with van der Waals surface area (Å²) in [6, 6.07) is 2.04. The molecule has 0 unspecified atom stereocenters. The van der Waals surface area contributed by atoms with Gasteiger partial charge in [-0.3, -0.25) is 10.1 Å². The molecule has 0 radical (unpaired) electrons. The lowest BCUT2D eigenvalue weighted by atomic mass is 9.97. The van der Waals surface area contributed by atoms with Crippen molar-refractivity contribution in [3.8, 4) is 0 Å². The average Bonchev–Trinajstić information content (AvgIpc) is 3.51. The lowest BCUT2D eigenvalue weighted by Crippen LogP contribution is -2.41.